The van der Waals surface area contributed by atoms with Crippen LogP contribution in [0.4, 0.5) is 0 Å². The third-order valence-corrected chi connectivity index (χ3v) is 4.99. The predicted molar refractivity (Wildman–Crippen MR) is 117 cm³/mol. The smallest absolute Gasteiger partial charge is 0.194 e. The zero-order valence-electron chi connectivity index (χ0n) is 15.9. The van der Waals surface area contributed by atoms with Crippen molar-refractivity contribution in [1.29, 1.82) is 0 Å². The van der Waals surface area contributed by atoms with Crippen molar-refractivity contribution in [3.8, 4) is 0 Å². The van der Waals surface area contributed by atoms with Gasteiger partial charge in [-0.2, -0.15) is 0 Å². The first-order valence-electron chi connectivity index (χ1n) is 9.59. The van der Waals surface area contributed by atoms with Crippen molar-refractivity contribution in [2.75, 3.05) is 39.4 Å². The zero-order chi connectivity index (χ0) is 17.5. The summed E-state index contributed by atoms with van der Waals surface area (Å²) >= 11 is 0. The number of aliphatic imine (C=N–C) groups is 1. The molecule has 3 rings (SSSR count). The number of morpholine rings is 1. The molecule has 0 aromatic heterocycles. The molecule has 2 aliphatic rings. The molecule has 3 atom stereocenters. The molecule has 3 unspecified atom stereocenters. The van der Waals surface area contributed by atoms with Crippen molar-refractivity contribution in [1.82, 2.24) is 10.2 Å². The van der Waals surface area contributed by atoms with Gasteiger partial charge in [0.1, 0.15) is 6.10 Å². The van der Waals surface area contributed by atoms with Gasteiger partial charge in [-0.1, -0.05) is 37.3 Å². The molecular weight excluding hydrogens is 441 g/mol. The Morgan fingerprint density at radius 2 is 2.00 bits per heavy atom. The van der Waals surface area contributed by atoms with E-state index < -0.39 is 0 Å². The van der Waals surface area contributed by atoms with Gasteiger partial charge in [-0.05, 0) is 25.3 Å². The molecule has 1 N–H and O–H groups in total. The van der Waals surface area contributed by atoms with Crippen LogP contribution in [0.5, 0.6) is 0 Å². The van der Waals surface area contributed by atoms with Gasteiger partial charge in [-0.3, -0.25) is 4.99 Å². The summed E-state index contributed by atoms with van der Waals surface area (Å²) in [6, 6.07) is 10.6. The van der Waals surface area contributed by atoms with E-state index in [0.717, 1.165) is 58.2 Å². The molecule has 0 saturated carbocycles. The Balaban J connectivity index is 0.00000243. The lowest BCUT2D eigenvalue weighted by molar-refractivity contribution is -0.0817. The maximum absolute atomic E-state index is 5.97. The maximum Gasteiger partial charge on any atom is 0.194 e. The van der Waals surface area contributed by atoms with Crippen molar-refractivity contribution < 1.29 is 9.47 Å². The summed E-state index contributed by atoms with van der Waals surface area (Å²) in [6.07, 6.45) is 2.66. The number of hydrogen-bond acceptors (Lipinski definition) is 3. The van der Waals surface area contributed by atoms with Crippen molar-refractivity contribution >= 4 is 29.9 Å². The molecule has 6 heteroatoms. The lowest BCUT2D eigenvalue weighted by atomic mass is 10.0. The second kappa shape index (κ2) is 11.1. The van der Waals surface area contributed by atoms with Crippen molar-refractivity contribution in [3.05, 3.63) is 35.9 Å². The van der Waals surface area contributed by atoms with Crippen LogP contribution >= 0.6 is 24.0 Å². The number of halogens is 1. The van der Waals surface area contributed by atoms with E-state index in [1.165, 1.54) is 5.56 Å². The first-order chi connectivity index (χ1) is 12.3. The van der Waals surface area contributed by atoms with E-state index in [1.54, 1.807) is 0 Å². The van der Waals surface area contributed by atoms with Crippen LogP contribution in [-0.4, -0.2) is 62.5 Å². The molecule has 0 aliphatic carbocycles. The number of nitrogens with one attached hydrogen (secondary N) is 1. The van der Waals surface area contributed by atoms with Gasteiger partial charge in [-0.25, -0.2) is 0 Å². The van der Waals surface area contributed by atoms with E-state index >= 15 is 0 Å². The standard InChI is InChI=1S/C20H31N3O2.HI/c1-3-21-20(22-14-16(2)17-8-5-4-6-9-17)23-11-13-25-19(15-23)18-10-7-12-24-18;/h4-6,8-9,16,18-19H,3,7,10-15H2,1-2H3,(H,21,22);1H. The monoisotopic (exact) mass is 473 g/mol. The predicted octanol–water partition coefficient (Wildman–Crippen LogP) is 3.25. The highest BCUT2D eigenvalue weighted by Gasteiger charge is 2.32. The SMILES string of the molecule is CCNC(=NCC(C)c1ccccc1)N1CCOC(C2CCCO2)C1.I. The maximum atomic E-state index is 5.97. The summed E-state index contributed by atoms with van der Waals surface area (Å²) in [5, 5.41) is 3.45. The van der Waals surface area contributed by atoms with Gasteiger partial charge in [0.15, 0.2) is 5.96 Å². The first-order valence-corrected chi connectivity index (χ1v) is 9.59. The van der Waals surface area contributed by atoms with E-state index in [-0.39, 0.29) is 36.2 Å². The average Bonchev–Trinajstić information content (AvgIpc) is 3.20. The van der Waals surface area contributed by atoms with Crippen LogP contribution in [0.2, 0.25) is 0 Å². The molecule has 0 radical (unpaired) electrons. The molecule has 2 fully saturated rings. The third-order valence-electron chi connectivity index (χ3n) is 4.99. The molecule has 1 aromatic rings. The molecule has 5 nitrogen and oxygen atoms in total. The Morgan fingerprint density at radius 3 is 2.69 bits per heavy atom. The van der Waals surface area contributed by atoms with Crippen molar-refractivity contribution in [2.45, 2.75) is 44.8 Å². The number of guanidine groups is 1. The minimum Gasteiger partial charge on any atom is -0.375 e. The zero-order valence-corrected chi connectivity index (χ0v) is 18.2. The average molecular weight is 473 g/mol. The Hall–Kier alpha value is -0.860. The minimum absolute atomic E-state index is 0. The Bertz CT molecular complexity index is 549. The van der Waals surface area contributed by atoms with E-state index in [0.29, 0.717) is 5.92 Å². The summed E-state index contributed by atoms with van der Waals surface area (Å²) in [5.74, 6) is 1.40. The van der Waals surface area contributed by atoms with Gasteiger partial charge in [0.2, 0.25) is 0 Å². The molecule has 0 amide bonds. The molecule has 146 valence electrons. The van der Waals surface area contributed by atoms with Gasteiger partial charge >= 0.3 is 0 Å². The number of hydrogen-bond donors (Lipinski definition) is 1. The van der Waals surface area contributed by atoms with Gasteiger partial charge < -0.3 is 19.7 Å². The lowest BCUT2D eigenvalue weighted by Crippen LogP contribution is -2.53. The van der Waals surface area contributed by atoms with Gasteiger partial charge in [0.05, 0.1) is 12.7 Å². The highest BCUT2D eigenvalue weighted by atomic mass is 127. The summed E-state index contributed by atoms with van der Waals surface area (Å²) in [4.78, 5) is 7.24. The van der Waals surface area contributed by atoms with Crippen molar-refractivity contribution in [2.24, 2.45) is 4.99 Å². The number of nitrogens with zero attached hydrogens (tertiary/aromatic N) is 2. The number of ether oxygens (including phenoxy) is 2. The van der Waals surface area contributed by atoms with E-state index in [9.17, 15) is 0 Å². The molecule has 26 heavy (non-hydrogen) atoms. The van der Waals surface area contributed by atoms with Crippen LogP contribution < -0.4 is 5.32 Å². The van der Waals surface area contributed by atoms with E-state index in [1.807, 2.05) is 0 Å². The van der Waals surface area contributed by atoms with Crippen LogP contribution in [0.1, 0.15) is 38.2 Å². The second-order valence-electron chi connectivity index (χ2n) is 6.91. The van der Waals surface area contributed by atoms with Gasteiger partial charge in [0.25, 0.3) is 0 Å². The largest absolute Gasteiger partial charge is 0.375 e. The highest BCUT2D eigenvalue weighted by molar-refractivity contribution is 14.0. The molecule has 1 aromatic carbocycles. The first kappa shape index (κ1) is 21.4. The third kappa shape index (κ3) is 5.82. The summed E-state index contributed by atoms with van der Waals surface area (Å²) in [5.41, 5.74) is 1.33. The molecular formula is C20H32IN3O2. The van der Waals surface area contributed by atoms with Crippen LogP contribution in [0.25, 0.3) is 0 Å². The molecule has 0 spiro atoms. The Kier molecular flexibility index (Phi) is 9.15. The number of rotatable bonds is 5. The molecule has 0 bridgehead atoms. The topological polar surface area (TPSA) is 46.1 Å². The van der Waals surface area contributed by atoms with Crippen LogP contribution in [0.15, 0.2) is 35.3 Å². The molecule has 2 aliphatic heterocycles. The van der Waals surface area contributed by atoms with Gasteiger partial charge in [-0.15, -0.1) is 24.0 Å². The fourth-order valence-corrected chi connectivity index (χ4v) is 3.52. The van der Waals surface area contributed by atoms with Crippen molar-refractivity contribution in [3.63, 3.8) is 0 Å². The van der Waals surface area contributed by atoms with Crippen LogP contribution in [-0.2, 0) is 9.47 Å². The molecule has 2 heterocycles. The fourth-order valence-electron chi connectivity index (χ4n) is 3.52. The molecule has 2 saturated heterocycles. The van der Waals surface area contributed by atoms with Gasteiger partial charge in [0, 0.05) is 38.7 Å². The summed E-state index contributed by atoms with van der Waals surface area (Å²) in [6.45, 7) is 9.36. The van der Waals surface area contributed by atoms with E-state index in [4.69, 9.17) is 14.5 Å². The van der Waals surface area contributed by atoms with Crippen LogP contribution in [0, 0.1) is 0 Å². The number of benzene rings is 1. The Labute approximate surface area is 174 Å². The normalized spacial score (nSPS) is 24.8. The highest BCUT2D eigenvalue weighted by Crippen LogP contribution is 2.21. The minimum atomic E-state index is 0. The quantitative estimate of drug-likeness (QED) is 0.405. The van der Waals surface area contributed by atoms with Crippen LogP contribution in [0.3, 0.4) is 0 Å². The second-order valence-corrected chi connectivity index (χ2v) is 6.91. The Morgan fingerprint density at radius 1 is 1.23 bits per heavy atom. The fraction of sp³-hybridized carbons (Fsp3) is 0.650. The summed E-state index contributed by atoms with van der Waals surface area (Å²) in [7, 11) is 0. The van der Waals surface area contributed by atoms with E-state index in [2.05, 4.69) is 54.4 Å². The summed E-state index contributed by atoms with van der Waals surface area (Å²) < 4.78 is 11.8. The lowest BCUT2D eigenvalue weighted by Gasteiger charge is -2.37.